The maximum Gasteiger partial charge on any atom is 0.335 e. The van der Waals surface area contributed by atoms with E-state index in [-0.39, 0.29) is 11.3 Å². The third kappa shape index (κ3) is 3.07. The van der Waals surface area contributed by atoms with Crippen molar-refractivity contribution in [1.82, 2.24) is 5.32 Å². The van der Waals surface area contributed by atoms with Crippen LogP contribution in [0.15, 0.2) is 54.1 Å². The van der Waals surface area contributed by atoms with Crippen LogP contribution < -0.4 is 10.2 Å². The van der Waals surface area contributed by atoms with Gasteiger partial charge in [-0.15, -0.1) is 0 Å². The van der Waals surface area contributed by atoms with Gasteiger partial charge in [0.2, 0.25) is 0 Å². The van der Waals surface area contributed by atoms with E-state index in [2.05, 4.69) is 5.32 Å². The summed E-state index contributed by atoms with van der Waals surface area (Å²) >= 11 is 0. The quantitative estimate of drug-likeness (QED) is 0.395. The average Bonchev–Trinajstić information content (AvgIpc) is 2.60. The van der Waals surface area contributed by atoms with Gasteiger partial charge in [-0.3, -0.25) is 25.0 Å². The fourth-order valence-electron chi connectivity index (χ4n) is 2.55. The molecule has 2 aromatic carbocycles. The molecule has 1 aliphatic rings. The molecule has 1 heterocycles. The number of nitro benzene ring substituents is 1. The second-order valence-corrected chi connectivity index (χ2v) is 5.60. The Balaban J connectivity index is 2.04. The molecular formula is C18H13N3O5. The molecule has 0 spiro atoms. The number of nitro groups is 1. The second-order valence-electron chi connectivity index (χ2n) is 5.60. The van der Waals surface area contributed by atoms with Gasteiger partial charge in [0.25, 0.3) is 17.5 Å². The minimum absolute atomic E-state index is 0.126. The van der Waals surface area contributed by atoms with Crippen LogP contribution in [0.25, 0.3) is 6.08 Å². The number of amides is 4. The molecule has 0 saturated carbocycles. The van der Waals surface area contributed by atoms with E-state index in [0.29, 0.717) is 16.8 Å². The smallest absolute Gasteiger partial charge is 0.273 e. The van der Waals surface area contributed by atoms with Crippen molar-refractivity contribution in [3.63, 3.8) is 0 Å². The van der Waals surface area contributed by atoms with Crippen LogP contribution in [0.2, 0.25) is 0 Å². The molecule has 0 radical (unpaired) electrons. The molecule has 26 heavy (non-hydrogen) atoms. The number of para-hydroxylation sites is 1. The van der Waals surface area contributed by atoms with Crippen molar-refractivity contribution in [3.8, 4) is 0 Å². The molecule has 4 amide bonds. The molecule has 0 aliphatic carbocycles. The Hall–Kier alpha value is -3.81. The minimum atomic E-state index is -0.851. The molecule has 0 atom stereocenters. The maximum absolute atomic E-state index is 12.7. The van der Waals surface area contributed by atoms with E-state index in [0.717, 1.165) is 4.90 Å². The van der Waals surface area contributed by atoms with E-state index in [1.54, 1.807) is 43.3 Å². The molecule has 1 fully saturated rings. The number of nitrogens with one attached hydrogen (secondary N) is 1. The summed E-state index contributed by atoms with van der Waals surface area (Å²) in [5.41, 5.74) is 0.662. The van der Waals surface area contributed by atoms with Crippen LogP contribution in [0.4, 0.5) is 16.2 Å². The van der Waals surface area contributed by atoms with Gasteiger partial charge in [-0.25, -0.2) is 9.69 Å². The number of nitrogens with zero attached hydrogens (tertiary/aromatic N) is 2. The molecule has 1 N–H and O–H groups in total. The van der Waals surface area contributed by atoms with E-state index in [1.807, 2.05) is 0 Å². The lowest BCUT2D eigenvalue weighted by atomic mass is 10.0. The maximum atomic E-state index is 12.7. The predicted octanol–water partition coefficient (Wildman–Crippen LogP) is 2.57. The summed E-state index contributed by atoms with van der Waals surface area (Å²) in [7, 11) is 0. The highest BCUT2D eigenvalue weighted by molar-refractivity contribution is 6.39. The topological polar surface area (TPSA) is 110 Å². The fourth-order valence-corrected chi connectivity index (χ4v) is 2.55. The number of hydrogen-bond donors (Lipinski definition) is 1. The Morgan fingerprint density at radius 3 is 2.42 bits per heavy atom. The van der Waals surface area contributed by atoms with Gasteiger partial charge in [-0.05, 0) is 30.7 Å². The zero-order valence-corrected chi connectivity index (χ0v) is 13.6. The van der Waals surface area contributed by atoms with Gasteiger partial charge in [0, 0.05) is 11.6 Å². The highest BCUT2D eigenvalue weighted by Crippen LogP contribution is 2.24. The van der Waals surface area contributed by atoms with Crippen LogP contribution >= 0.6 is 0 Å². The molecule has 0 bridgehead atoms. The van der Waals surface area contributed by atoms with E-state index in [1.165, 1.54) is 18.2 Å². The first-order valence-electron chi connectivity index (χ1n) is 7.60. The van der Waals surface area contributed by atoms with Crippen molar-refractivity contribution in [2.75, 3.05) is 4.90 Å². The normalized spacial score (nSPS) is 16.0. The molecule has 130 valence electrons. The summed E-state index contributed by atoms with van der Waals surface area (Å²) in [4.78, 5) is 48.2. The molecule has 3 rings (SSSR count). The minimum Gasteiger partial charge on any atom is -0.273 e. The first kappa shape index (κ1) is 17.0. The predicted molar refractivity (Wildman–Crippen MR) is 93.3 cm³/mol. The summed E-state index contributed by atoms with van der Waals surface area (Å²) in [6, 6.07) is 11.6. The van der Waals surface area contributed by atoms with Gasteiger partial charge in [0.05, 0.1) is 10.6 Å². The van der Waals surface area contributed by atoms with E-state index in [4.69, 9.17) is 0 Å². The lowest BCUT2D eigenvalue weighted by Crippen LogP contribution is -2.54. The number of barbiturate groups is 1. The summed E-state index contributed by atoms with van der Waals surface area (Å²) in [6.07, 6.45) is 1.23. The Kier molecular flexibility index (Phi) is 4.32. The molecular weight excluding hydrogens is 338 g/mol. The van der Waals surface area contributed by atoms with Crippen molar-refractivity contribution >= 4 is 35.3 Å². The summed E-state index contributed by atoms with van der Waals surface area (Å²) in [6.45, 7) is 1.59. The van der Waals surface area contributed by atoms with E-state index in [9.17, 15) is 24.5 Å². The van der Waals surface area contributed by atoms with Crippen LogP contribution in [0.3, 0.4) is 0 Å². The van der Waals surface area contributed by atoms with Gasteiger partial charge in [-0.2, -0.15) is 0 Å². The molecule has 1 aliphatic heterocycles. The first-order valence-corrected chi connectivity index (χ1v) is 7.60. The van der Waals surface area contributed by atoms with Gasteiger partial charge >= 0.3 is 6.03 Å². The zero-order valence-electron chi connectivity index (χ0n) is 13.6. The highest BCUT2D eigenvalue weighted by atomic mass is 16.6. The van der Waals surface area contributed by atoms with E-state index >= 15 is 0 Å². The average molecular weight is 351 g/mol. The van der Waals surface area contributed by atoms with Crippen LogP contribution in [0.5, 0.6) is 0 Å². The van der Waals surface area contributed by atoms with Crippen LogP contribution in [-0.4, -0.2) is 22.8 Å². The number of anilines is 1. The van der Waals surface area contributed by atoms with E-state index < -0.39 is 22.8 Å². The first-order chi connectivity index (χ1) is 12.4. The number of aryl methyl sites for hydroxylation is 1. The SMILES string of the molecule is Cc1ccc(/C=C2/C(=O)NC(=O)N(c3ccccc3)C2=O)cc1[N+](=O)[O-]. The van der Waals surface area contributed by atoms with Gasteiger partial charge in [-0.1, -0.05) is 30.3 Å². The lowest BCUT2D eigenvalue weighted by Gasteiger charge is -2.26. The molecule has 0 unspecified atom stereocenters. The van der Waals surface area contributed by atoms with Crippen molar-refractivity contribution in [1.29, 1.82) is 0 Å². The molecule has 1 saturated heterocycles. The monoisotopic (exact) mass is 351 g/mol. The number of hydrogen-bond acceptors (Lipinski definition) is 5. The van der Waals surface area contributed by atoms with Gasteiger partial charge < -0.3 is 0 Å². The Labute approximate surface area is 147 Å². The highest BCUT2D eigenvalue weighted by Gasteiger charge is 2.36. The molecule has 0 aromatic heterocycles. The standard InChI is InChI=1S/C18H13N3O5/c1-11-7-8-12(10-15(11)21(25)26)9-14-16(22)19-18(24)20(17(14)23)13-5-3-2-4-6-13/h2-10H,1H3,(H,19,22,24)/b14-9-. The Morgan fingerprint density at radius 2 is 1.77 bits per heavy atom. The number of benzene rings is 2. The fraction of sp³-hybridized carbons (Fsp3) is 0.0556. The number of urea groups is 1. The van der Waals surface area contributed by atoms with Gasteiger partial charge in [0.15, 0.2) is 0 Å². The van der Waals surface area contributed by atoms with Crippen molar-refractivity contribution < 1.29 is 19.3 Å². The Bertz CT molecular complexity index is 966. The Morgan fingerprint density at radius 1 is 1.08 bits per heavy atom. The van der Waals surface area contributed by atoms with Crippen molar-refractivity contribution in [2.45, 2.75) is 6.92 Å². The number of carbonyl (C=O) groups is 3. The summed E-state index contributed by atoms with van der Waals surface area (Å²) in [5, 5.41) is 13.2. The largest absolute Gasteiger partial charge is 0.335 e. The molecule has 8 heteroatoms. The third-order valence-corrected chi connectivity index (χ3v) is 3.86. The van der Waals surface area contributed by atoms with Crippen molar-refractivity contribution in [3.05, 3.63) is 75.3 Å². The zero-order chi connectivity index (χ0) is 18.8. The van der Waals surface area contributed by atoms with Crippen molar-refractivity contribution in [2.24, 2.45) is 0 Å². The molecule has 2 aromatic rings. The second kappa shape index (κ2) is 6.60. The van der Waals surface area contributed by atoms with Crippen LogP contribution in [-0.2, 0) is 9.59 Å². The summed E-state index contributed by atoms with van der Waals surface area (Å²) in [5.74, 6) is -1.65. The number of carbonyl (C=O) groups excluding carboxylic acids is 3. The number of imide groups is 2. The molecule has 8 nitrogen and oxygen atoms in total. The van der Waals surface area contributed by atoms with Gasteiger partial charge in [0.1, 0.15) is 5.57 Å². The lowest BCUT2D eigenvalue weighted by molar-refractivity contribution is -0.385. The van der Waals surface area contributed by atoms with Crippen LogP contribution in [0.1, 0.15) is 11.1 Å². The van der Waals surface area contributed by atoms with Crippen LogP contribution in [0, 0.1) is 17.0 Å². The third-order valence-electron chi connectivity index (χ3n) is 3.86. The number of rotatable bonds is 3. The summed E-state index contributed by atoms with van der Waals surface area (Å²) < 4.78 is 0.